The molecule has 1 amide bonds. The van der Waals surface area contributed by atoms with Crippen LogP contribution in [0.5, 0.6) is 5.75 Å². The van der Waals surface area contributed by atoms with Crippen molar-refractivity contribution in [2.75, 3.05) is 18.5 Å². The van der Waals surface area contributed by atoms with Gasteiger partial charge in [-0.25, -0.2) is 9.18 Å². The third kappa shape index (κ3) is 4.25. The molecule has 2 aromatic carbocycles. The van der Waals surface area contributed by atoms with Gasteiger partial charge >= 0.3 is 5.97 Å². The molecule has 27 heavy (non-hydrogen) atoms. The van der Waals surface area contributed by atoms with Crippen LogP contribution in [-0.2, 0) is 9.53 Å². The maximum absolute atomic E-state index is 12.9. The van der Waals surface area contributed by atoms with E-state index < -0.39 is 24.3 Å². The van der Waals surface area contributed by atoms with Crippen molar-refractivity contribution in [3.8, 4) is 5.75 Å². The standard InChI is InChI=1S/C20H18FNO5/c1-3-25-15-8-9-17-16(10-15)12(2)19(27-17)20(24)26-11-18(23)22-14-6-4-13(21)5-7-14/h4-10H,3,11H2,1-2H3,(H,22,23). The Bertz CT molecular complexity index is 978. The van der Waals surface area contributed by atoms with Gasteiger partial charge in [0, 0.05) is 16.6 Å². The number of hydrogen-bond donors (Lipinski definition) is 1. The van der Waals surface area contributed by atoms with E-state index in [2.05, 4.69) is 5.32 Å². The van der Waals surface area contributed by atoms with E-state index in [1.165, 1.54) is 24.3 Å². The van der Waals surface area contributed by atoms with Crippen LogP contribution in [0.25, 0.3) is 11.0 Å². The minimum absolute atomic E-state index is 0.0354. The van der Waals surface area contributed by atoms with Gasteiger partial charge in [-0.3, -0.25) is 4.79 Å². The van der Waals surface area contributed by atoms with Gasteiger partial charge in [0.2, 0.25) is 5.76 Å². The van der Waals surface area contributed by atoms with E-state index in [-0.39, 0.29) is 5.76 Å². The summed E-state index contributed by atoms with van der Waals surface area (Å²) >= 11 is 0. The van der Waals surface area contributed by atoms with Crippen LogP contribution in [0.2, 0.25) is 0 Å². The fourth-order valence-corrected chi connectivity index (χ4v) is 2.58. The van der Waals surface area contributed by atoms with Crippen molar-refractivity contribution in [3.05, 3.63) is 59.6 Å². The first-order chi connectivity index (χ1) is 13.0. The molecule has 0 radical (unpaired) electrons. The molecule has 3 rings (SSSR count). The number of halogens is 1. The molecule has 0 aliphatic carbocycles. The Hall–Kier alpha value is -3.35. The molecule has 0 unspecified atom stereocenters. The molecule has 0 saturated heterocycles. The molecule has 6 nitrogen and oxygen atoms in total. The van der Waals surface area contributed by atoms with Crippen molar-refractivity contribution in [2.45, 2.75) is 13.8 Å². The van der Waals surface area contributed by atoms with Gasteiger partial charge in [0.1, 0.15) is 17.1 Å². The van der Waals surface area contributed by atoms with Crippen LogP contribution in [0.1, 0.15) is 23.0 Å². The predicted octanol–water partition coefficient (Wildman–Crippen LogP) is 4.07. The topological polar surface area (TPSA) is 77.8 Å². The normalized spacial score (nSPS) is 10.6. The Kier molecular flexibility index (Phi) is 5.40. The highest BCUT2D eigenvalue weighted by Crippen LogP contribution is 2.29. The average Bonchev–Trinajstić information content (AvgIpc) is 2.98. The van der Waals surface area contributed by atoms with Crippen molar-refractivity contribution in [3.63, 3.8) is 0 Å². The highest BCUT2D eigenvalue weighted by molar-refractivity contribution is 5.98. The lowest BCUT2D eigenvalue weighted by Crippen LogP contribution is -2.21. The maximum atomic E-state index is 12.9. The summed E-state index contributed by atoms with van der Waals surface area (Å²) in [4.78, 5) is 24.1. The van der Waals surface area contributed by atoms with Crippen molar-refractivity contribution >= 4 is 28.5 Å². The Labute approximate surface area is 154 Å². The number of fused-ring (bicyclic) bond motifs is 1. The summed E-state index contributed by atoms with van der Waals surface area (Å²) in [5, 5.41) is 3.25. The van der Waals surface area contributed by atoms with E-state index in [1.807, 2.05) is 6.92 Å². The highest BCUT2D eigenvalue weighted by atomic mass is 19.1. The van der Waals surface area contributed by atoms with Gasteiger partial charge in [0.05, 0.1) is 6.61 Å². The molecule has 0 saturated carbocycles. The summed E-state index contributed by atoms with van der Waals surface area (Å²) < 4.78 is 28.9. The van der Waals surface area contributed by atoms with E-state index in [0.717, 1.165) is 5.39 Å². The zero-order valence-corrected chi connectivity index (χ0v) is 14.9. The number of furan rings is 1. The van der Waals surface area contributed by atoms with Crippen LogP contribution in [-0.4, -0.2) is 25.1 Å². The molecule has 3 aromatic rings. The summed E-state index contributed by atoms with van der Waals surface area (Å²) in [6.45, 7) is 3.65. The molecule has 0 bridgehead atoms. The summed E-state index contributed by atoms with van der Waals surface area (Å²) in [6.07, 6.45) is 0. The fourth-order valence-electron chi connectivity index (χ4n) is 2.58. The second kappa shape index (κ2) is 7.90. The van der Waals surface area contributed by atoms with Crippen molar-refractivity contribution < 1.29 is 27.9 Å². The summed E-state index contributed by atoms with van der Waals surface area (Å²) in [7, 11) is 0. The molecule has 0 aliphatic heterocycles. The number of esters is 1. The Morgan fingerprint density at radius 3 is 2.59 bits per heavy atom. The lowest BCUT2D eigenvalue weighted by molar-refractivity contribution is -0.119. The van der Waals surface area contributed by atoms with Crippen LogP contribution < -0.4 is 10.1 Å². The van der Waals surface area contributed by atoms with Crippen molar-refractivity contribution in [2.24, 2.45) is 0 Å². The van der Waals surface area contributed by atoms with Crippen LogP contribution in [0.3, 0.4) is 0 Å². The Morgan fingerprint density at radius 1 is 1.15 bits per heavy atom. The molecule has 1 N–H and O–H groups in total. The first kappa shape index (κ1) is 18.4. The summed E-state index contributed by atoms with van der Waals surface area (Å²) in [6, 6.07) is 10.5. The first-order valence-corrected chi connectivity index (χ1v) is 8.36. The zero-order valence-electron chi connectivity index (χ0n) is 14.9. The molecule has 0 aliphatic rings. The lowest BCUT2D eigenvalue weighted by atomic mass is 10.1. The number of rotatable bonds is 6. The molecule has 0 atom stereocenters. The van der Waals surface area contributed by atoms with Crippen LogP contribution in [0.15, 0.2) is 46.9 Å². The van der Waals surface area contributed by atoms with E-state index in [9.17, 15) is 14.0 Å². The molecular weight excluding hydrogens is 353 g/mol. The van der Waals surface area contributed by atoms with Crippen LogP contribution in [0, 0.1) is 12.7 Å². The van der Waals surface area contributed by atoms with Gasteiger partial charge in [-0.2, -0.15) is 0 Å². The van der Waals surface area contributed by atoms with Gasteiger partial charge in [-0.05, 0) is 56.3 Å². The minimum Gasteiger partial charge on any atom is -0.494 e. The number of anilines is 1. The van der Waals surface area contributed by atoms with Gasteiger partial charge in [-0.1, -0.05) is 0 Å². The second-order valence-corrected chi connectivity index (χ2v) is 5.78. The van der Waals surface area contributed by atoms with E-state index in [4.69, 9.17) is 13.9 Å². The predicted molar refractivity (Wildman–Crippen MR) is 97.4 cm³/mol. The van der Waals surface area contributed by atoms with E-state index >= 15 is 0 Å². The molecule has 0 fully saturated rings. The SMILES string of the molecule is CCOc1ccc2oc(C(=O)OCC(=O)Nc3ccc(F)cc3)c(C)c2c1. The molecule has 1 aromatic heterocycles. The zero-order chi connectivity index (χ0) is 19.4. The number of hydrogen-bond acceptors (Lipinski definition) is 5. The molecule has 1 heterocycles. The number of carbonyl (C=O) groups is 2. The molecule has 140 valence electrons. The number of aryl methyl sites for hydroxylation is 1. The third-order valence-corrected chi connectivity index (χ3v) is 3.87. The van der Waals surface area contributed by atoms with Crippen molar-refractivity contribution in [1.29, 1.82) is 0 Å². The average molecular weight is 371 g/mol. The quantitative estimate of drug-likeness (QED) is 0.661. The largest absolute Gasteiger partial charge is 0.494 e. The molecule has 0 spiro atoms. The van der Waals surface area contributed by atoms with Crippen LogP contribution >= 0.6 is 0 Å². The molecule has 7 heteroatoms. The number of carbonyl (C=O) groups excluding carboxylic acids is 2. The fraction of sp³-hybridized carbons (Fsp3) is 0.200. The Balaban J connectivity index is 1.66. The van der Waals surface area contributed by atoms with Crippen molar-refractivity contribution in [1.82, 2.24) is 0 Å². The maximum Gasteiger partial charge on any atom is 0.375 e. The van der Waals surface area contributed by atoms with Gasteiger partial charge < -0.3 is 19.2 Å². The summed E-state index contributed by atoms with van der Waals surface area (Å²) in [5.74, 6) is -0.980. The van der Waals surface area contributed by atoms with Gasteiger partial charge in [0.15, 0.2) is 6.61 Å². The number of amides is 1. The van der Waals surface area contributed by atoms with E-state index in [1.54, 1.807) is 25.1 Å². The highest BCUT2D eigenvalue weighted by Gasteiger charge is 2.20. The number of ether oxygens (including phenoxy) is 2. The monoisotopic (exact) mass is 371 g/mol. The number of nitrogens with one attached hydrogen (secondary N) is 1. The number of benzene rings is 2. The van der Waals surface area contributed by atoms with Gasteiger partial charge in [-0.15, -0.1) is 0 Å². The van der Waals surface area contributed by atoms with Gasteiger partial charge in [0.25, 0.3) is 5.91 Å². The van der Waals surface area contributed by atoms with E-state index in [0.29, 0.717) is 29.2 Å². The minimum atomic E-state index is -0.740. The second-order valence-electron chi connectivity index (χ2n) is 5.78. The molecular formula is C20H18FNO5. The Morgan fingerprint density at radius 2 is 1.89 bits per heavy atom. The smallest absolute Gasteiger partial charge is 0.375 e. The first-order valence-electron chi connectivity index (χ1n) is 8.36. The lowest BCUT2D eigenvalue weighted by Gasteiger charge is -2.06. The summed E-state index contributed by atoms with van der Waals surface area (Å²) in [5.41, 5.74) is 1.54. The van der Waals surface area contributed by atoms with Crippen LogP contribution in [0.4, 0.5) is 10.1 Å². The third-order valence-electron chi connectivity index (χ3n) is 3.87.